The van der Waals surface area contributed by atoms with Gasteiger partial charge in [-0.1, -0.05) is 19.9 Å². The van der Waals surface area contributed by atoms with Gasteiger partial charge in [0.05, 0.1) is 7.11 Å². The molecule has 5 rings (SSSR count). The van der Waals surface area contributed by atoms with E-state index in [9.17, 15) is 9.59 Å². The Bertz CT molecular complexity index is 984. The lowest BCUT2D eigenvalue weighted by Gasteiger charge is -2.59. The number of methoxy groups -OCH3 is 1. The van der Waals surface area contributed by atoms with Gasteiger partial charge in [0.1, 0.15) is 0 Å². The molecule has 164 valence electrons. The van der Waals surface area contributed by atoms with Crippen LogP contribution in [0.3, 0.4) is 0 Å². The van der Waals surface area contributed by atoms with Crippen molar-refractivity contribution >= 4 is 17.8 Å². The summed E-state index contributed by atoms with van der Waals surface area (Å²) >= 11 is 0. The van der Waals surface area contributed by atoms with E-state index < -0.39 is 0 Å². The van der Waals surface area contributed by atoms with Gasteiger partial charge in [-0.25, -0.2) is 9.97 Å². The maximum Gasteiger partial charge on any atom is 0.316 e. The van der Waals surface area contributed by atoms with Crippen LogP contribution in [0.5, 0.6) is 6.01 Å². The van der Waals surface area contributed by atoms with E-state index in [0.29, 0.717) is 29.5 Å². The topological polar surface area (TPSA) is 72.4 Å². The summed E-state index contributed by atoms with van der Waals surface area (Å²) in [4.78, 5) is 36.1. The lowest BCUT2D eigenvalue weighted by atomic mass is 9.48. The van der Waals surface area contributed by atoms with Crippen molar-refractivity contribution < 1.29 is 14.3 Å². The SMILES string of the molecule is COc1ncc(/C=C2\C[C@H]3[C@@H]4CC[C@H]5N(C)C(=O)C=C[C@]5(C)[C@H]4CC[C@]3(C)C2=O)cn1. The van der Waals surface area contributed by atoms with Crippen LogP contribution in [-0.4, -0.2) is 46.8 Å². The Morgan fingerprint density at radius 2 is 1.87 bits per heavy atom. The van der Waals surface area contributed by atoms with Gasteiger partial charge in [0, 0.05) is 41.9 Å². The molecule has 2 heterocycles. The number of fused-ring (bicyclic) bond motifs is 5. The van der Waals surface area contributed by atoms with Crippen molar-refractivity contribution in [1.29, 1.82) is 0 Å². The van der Waals surface area contributed by atoms with Gasteiger partial charge in [-0.2, -0.15) is 0 Å². The third kappa shape index (κ3) is 2.90. The van der Waals surface area contributed by atoms with Crippen LogP contribution in [0, 0.1) is 28.6 Å². The normalized spacial score (nSPS) is 40.5. The van der Waals surface area contributed by atoms with Gasteiger partial charge < -0.3 is 9.64 Å². The molecule has 1 aliphatic heterocycles. The number of amides is 1. The fourth-order valence-corrected chi connectivity index (χ4v) is 7.25. The molecule has 3 aliphatic carbocycles. The fraction of sp³-hybridized carbons (Fsp3) is 0.600. The Kier molecular flexibility index (Phi) is 4.61. The van der Waals surface area contributed by atoms with Gasteiger partial charge in [-0.15, -0.1) is 0 Å². The second-order valence-corrected chi connectivity index (χ2v) is 10.3. The second-order valence-electron chi connectivity index (χ2n) is 10.3. The minimum atomic E-state index is -0.288. The van der Waals surface area contributed by atoms with Gasteiger partial charge in [0.2, 0.25) is 5.91 Å². The minimum absolute atomic E-state index is 0.00769. The molecule has 1 aromatic rings. The summed E-state index contributed by atoms with van der Waals surface area (Å²) in [6.45, 7) is 4.52. The number of aromatic nitrogens is 2. The first kappa shape index (κ1) is 20.4. The first-order valence-corrected chi connectivity index (χ1v) is 11.4. The summed E-state index contributed by atoms with van der Waals surface area (Å²) in [7, 11) is 3.49. The molecule has 0 saturated heterocycles. The van der Waals surface area contributed by atoms with Crippen molar-refractivity contribution in [3.8, 4) is 6.01 Å². The average Bonchev–Trinajstić information content (AvgIpc) is 3.02. The molecule has 6 heteroatoms. The first-order chi connectivity index (χ1) is 14.8. The third-order valence-corrected chi connectivity index (χ3v) is 8.94. The summed E-state index contributed by atoms with van der Waals surface area (Å²) in [6, 6.07) is 0.594. The number of Topliss-reactive ketones (excluding diaryl/α,β-unsaturated/α-hetero) is 1. The van der Waals surface area contributed by atoms with E-state index in [1.807, 2.05) is 18.0 Å². The van der Waals surface area contributed by atoms with E-state index in [2.05, 4.69) is 29.9 Å². The van der Waals surface area contributed by atoms with Crippen LogP contribution in [0.1, 0.15) is 51.5 Å². The van der Waals surface area contributed by atoms with Crippen LogP contribution in [0.4, 0.5) is 0 Å². The summed E-state index contributed by atoms with van der Waals surface area (Å²) in [5, 5.41) is 0. The second kappa shape index (κ2) is 7.01. The number of ketones is 1. The van der Waals surface area contributed by atoms with Crippen molar-refractivity contribution in [2.75, 3.05) is 14.2 Å². The Hall–Kier alpha value is -2.50. The monoisotopic (exact) mass is 421 g/mol. The van der Waals surface area contributed by atoms with E-state index in [-0.39, 0.29) is 22.8 Å². The van der Waals surface area contributed by atoms with Gasteiger partial charge in [-0.05, 0) is 67.6 Å². The molecule has 1 aromatic heterocycles. The van der Waals surface area contributed by atoms with Gasteiger partial charge in [0.15, 0.2) is 5.78 Å². The van der Waals surface area contributed by atoms with E-state index >= 15 is 0 Å². The van der Waals surface area contributed by atoms with Crippen LogP contribution < -0.4 is 4.74 Å². The highest BCUT2D eigenvalue weighted by atomic mass is 16.5. The number of carbonyl (C=O) groups excluding carboxylic acids is 2. The van der Waals surface area contributed by atoms with Gasteiger partial charge in [0.25, 0.3) is 0 Å². The highest BCUT2D eigenvalue weighted by molar-refractivity contribution is 6.05. The molecule has 3 fully saturated rings. The predicted molar refractivity (Wildman–Crippen MR) is 117 cm³/mol. The van der Waals surface area contributed by atoms with Gasteiger partial charge >= 0.3 is 6.01 Å². The average molecular weight is 422 g/mol. The molecule has 6 nitrogen and oxygen atoms in total. The van der Waals surface area contributed by atoms with Crippen molar-refractivity contribution in [2.24, 2.45) is 28.6 Å². The number of nitrogens with zero attached hydrogens (tertiary/aromatic N) is 3. The maximum absolute atomic E-state index is 13.5. The van der Waals surface area contributed by atoms with E-state index in [1.54, 1.807) is 25.6 Å². The van der Waals surface area contributed by atoms with Crippen LogP contribution in [0.25, 0.3) is 6.08 Å². The molecule has 6 atom stereocenters. The van der Waals surface area contributed by atoms with E-state index in [0.717, 1.165) is 43.2 Å². The molecule has 0 unspecified atom stereocenters. The molecule has 0 bridgehead atoms. The number of allylic oxidation sites excluding steroid dienone is 1. The Morgan fingerprint density at radius 3 is 2.58 bits per heavy atom. The van der Waals surface area contributed by atoms with E-state index in [4.69, 9.17) is 4.74 Å². The third-order valence-electron chi connectivity index (χ3n) is 8.94. The van der Waals surface area contributed by atoms with E-state index in [1.165, 1.54) is 0 Å². The molecule has 0 aromatic carbocycles. The molecule has 0 radical (unpaired) electrons. The van der Waals surface area contributed by atoms with Crippen molar-refractivity contribution in [2.45, 2.75) is 52.0 Å². The number of hydrogen-bond acceptors (Lipinski definition) is 5. The number of rotatable bonds is 2. The zero-order valence-electron chi connectivity index (χ0n) is 18.8. The largest absolute Gasteiger partial charge is 0.467 e. The Labute approximate surface area is 183 Å². The molecule has 0 spiro atoms. The molecule has 0 N–H and O–H groups in total. The highest BCUT2D eigenvalue weighted by Crippen LogP contribution is 2.63. The Morgan fingerprint density at radius 1 is 1.13 bits per heavy atom. The molecule has 31 heavy (non-hydrogen) atoms. The zero-order chi connectivity index (χ0) is 22.0. The summed E-state index contributed by atoms with van der Waals surface area (Å²) in [5.41, 5.74) is 1.45. The number of carbonyl (C=O) groups is 2. The van der Waals surface area contributed by atoms with Gasteiger partial charge in [-0.3, -0.25) is 9.59 Å². The highest BCUT2D eigenvalue weighted by Gasteiger charge is 2.61. The van der Waals surface area contributed by atoms with Crippen LogP contribution >= 0.6 is 0 Å². The maximum atomic E-state index is 13.5. The first-order valence-electron chi connectivity index (χ1n) is 11.4. The quantitative estimate of drug-likeness (QED) is 0.681. The summed E-state index contributed by atoms with van der Waals surface area (Å²) in [5.74, 6) is 1.79. The van der Waals surface area contributed by atoms with Crippen LogP contribution in [0.2, 0.25) is 0 Å². The van der Waals surface area contributed by atoms with Crippen molar-refractivity contribution in [1.82, 2.24) is 14.9 Å². The van der Waals surface area contributed by atoms with Crippen molar-refractivity contribution in [3.63, 3.8) is 0 Å². The molecule has 4 aliphatic rings. The molecular weight excluding hydrogens is 390 g/mol. The Balaban J connectivity index is 1.46. The number of hydrogen-bond donors (Lipinski definition) is 0. The fourth-order valence-electron chi connectivity index (χ4n) is 7.25. The molecular formula is C25H31N3O3. The molecule has 1 amide bonds. The lowest BCUT2D eigenvalue weighted by Crippen LogP contribution is -2.59. The number of ether oxygens (including phenoxy) is 1. The smallest absolute Gasteiger partial charge is 0.316 e. The standard InChI is InChI=1S/C25H31N3O3/c1-24-10-8-21(29)28(3)20(24)6-5-17-18(24)7-9-25(2)19(17)12-16(22(25)30)11-15-13-26-23(31-4)27-14-15/h8,10-11,13-14,17-20H,5-7,9,12H2,1-4H3/b16-11+/t17-,18+,19+,20-,24-,25+/m1/s1. The van der Waals surface area contributed by atoms with Crippen molar-refractivity contribution in [3.05, 3.63) is 35.7 Å². The summed E-state index contributed by atoms with van der Waals surface area (Å²) < 4.78 is 5.04. The lowest BCUT2D eigenvalue weighted by molar-refractivity contribution is -0.141. The van der Waals surface area contributed by atoms with Crippen LogP contribution in [-0.2, 0) is 9.59 Å². The summed E-state index contributed by atoms with van der Waals surface area (Å²) in [6.07, 6.45) is 14.2. The minimum Gasteiger partial charge on any atom is -0.467 e. The number of likely N-dealkylation sites (N-methyl/N-ethyl adjacent to an activating group) is 1. The molecule has 3 saturated carbocycles. The predicted octanol–water partition coefficient (Wildman–Crippen LogP) is 3.69. The zero-order valence-corrected chi connectivity index (χ0v) is 18.8. The van der Waals surface area contributed by atoms with Crippen LogP contribution in [0.15, 0.2) is 30.1 Å².